The smallest absolute Gasteiger partial charge is 0.388 e. The standard InChI is InChI=1S/C21H20F3N3O2/c22-21(23,24)16-6-8-17(9-7-16)25-19(28)27-12-10-20(11-13-27)14-18(26-29-20)15-4-2-1-3-5-15/h1-9H,10-14H2,(H,25,28). The van der Waals surface area contributed by atoms with Gasteiger partial charge in [-0.2, -0.15) is 13.2 Å². The normalized spacial score (nSPS) is 18.3. The van der Waals surface area contributed by atoms with E-state index >= 15 is 0 Å². The van der Waals surface area contributed by atoms with Gasteiger partial charge in [0.1, 0.15) is 5.60 Å². The summed E-state index contributed by atoms with van der Waals surface area (Å²) in [5.74, 6) is 0. The molecule has 152 valence electrons. The van der Waals surface area contributed by atoms with Crippen molar-refractivity contribution in [1.82, 2.24) is 4.90 Å². The van der Waals surface area contributed by atoms with Crippen LogP contribution in [0.2, 0.25) is 0 Å². The summed E-state index contributed by atoms with van der Waals surface area (Å²) in [6.45, 7) is 0.980. The number of alkyl halides is 3. The maximum absolute atomic E-state index is 12.6. The minimum Gasteiger partial charge on any atom is -0.388 e. The molecular weight excluding hydrogens is 383 g/mol. The Balaban J connectivity index is 1.31. The van der Waals surface area contributed by atoms with Gasteiger partial charge in [0, 0.05) is 38.0 Å². The maximum atomic E-state index is 12.6. The number of anilines is 1. The van der Waals surface area contributed by atoms with E-state index in [1.54, 1.807) is 4.90 Å². The molecule has 2 aliphatic heterocycles. The third-order valence-electron chi connectivity index (χ3n) is 5.37. The minimum atomic E-state index is -4.40. The lowest BCUT2D eigenvalue weighted by Gasteiger charge is -2.37. The lowest BCUT2D eigenvalue weighted by Crippen LogP contribution is -2.48. The van der Waals surface area contributed by atoms with E-state index < -0.39 is 17.3 Å². The number of halogens is 3. The Morgan fingerprint density at radius 2 is 1.69 bits per heavy atom. The van der Waals surface area contributed by atoms with Crippen molar-refractivity contribution >= 4 is 17.4 Å². The number of oxime groups is 1. The number of nitrogens with zero attached hydrogens (tertiary/aromatic N) is 2. The van der Waals surface area contributed by atoms with Gasteiger partial charge in [0.05, 0.1) is 11.3 Å². The molecule has 4 rings (SSSR count). The van der Waals surface area contributed by atoms with Crippen molar-refractivity contribution in [3.63, 3.8) is 0 Å². The minimum absolute atomic E-state index is 0.329. The molecule has 1 spiro atoms. The van der Waals surface area contributed by atoms with Gasteiger partial charge < -0.3 is 15.1 Å². The van der Waals surface area contributed by atoms with Gasteiger partial charge in [-0.1, -0.05) is 35.5 Å². The van der Waals surface area contributed by atoms with Gasteiger partial charge in [0.2, 0.25) is 0 Å². The third-order valence-corrected chi connectivity index (χ3v) is 5.37. The summed E-state index contributed by atoms with van der Waals surface area (Å²) >= 11 is 0. The lowest BCUT2D eigenvalue weighted by atomic mass is 9.85. The predicted molar refractivity (Wildman–Crippen MR) is 103 cm³/mol. The van der Waals surface area contributed by atoms with E-state index in [4.69, 9.17) is 4.84 Å². The molecule has 0 aromatic heterocycles. The lowest BCUT2D eigenvalue weighted by molar-refractivity contribution is -0.137. The average molecular weight is 403 g/mol. The Labute approximate surface area is 166 Å². The molecule has 29 heavy (non-hydrogen) atoms. The van der Waals surface area contributed by atoms with Crippen molar-refractivity contribution in [2.75, 3.05) is 18.4 Å². The van der Waals surface area contributed by atoms with Crippen LogP contribution in [0.25, 0.3) is 0 Å². The number of rotatable bonds is 2. The van der Waals surface area contributed by atoms with Gasteiger partial charge in [-0.3, -0.25) is 0 Å². The maximum Gasteiger partial charge on any atom is 0.416 e. The second kappa shape index (κ2) is 7.42. The van der Waals surface area contributed by atoms with Gasteiger partial charge in [0.25, 0.3) is 0 Å². The highest BCUT2D eigenvalue weighted by molar-refractivity contribution is 6.01. The molecule has 2 aliphatic rings. The Hall–Kier alpha value is -3.03. The molecule has 8 heteroatoms. The molecule has 1 fully saturated rings. The highest BCUT2D eigenvalue weighted by atomic mass is 19.4. The predicted octanol–water partition coefficient (Wildman–Crippen LogP) is 4.90. The first-order valence-electron chi connectivity index (χ1n) is 9.38. The van der Waals surface area contributed by atoms with E-state index in [1.165, 1.54) is 12.1 Å². The van der Waals surface area contributed by atoms with Crippen molar-refractivity contribution in [1.29, 1.82) is 0 Å². The van der Waals surface area contributed by atoms with Crippen LogP contribution in [-0.2, 0) is 11.0 Å². The first-order valence-corrected chi connectivity index (χ1v) is 9.38. The van der Waals surface area contributed by atoms with Crippen molar-refractivity contribution < 1.29 is 22.8 Å². The van der Waals surface area contributed by atoms with Crippen LogP contribution in [0.1, 0.15) is 30.4 Å². The van der Waals surface area contributed by atoms with Crippen LogP contribution in [0.3, 0.4) is 0 Å². The van der Waals surface area contributed by atoms with Crippen molar-refractivity contribution in [2.45, 2.75) is 31.0 Å². The molecule has 1 saturated heterocycles. The zero-order chi connectivity index (χ0) is 20.5. The fourth-order valence-corrected chi connectivity index (χ4v) is 3.64. The van der Waals surface area contributed by atoms with E-state index in [9.17, 15) is 18.0 Å². The summed E-state index contributed by atoms with van der Waals surface area (Å²) in [6, 6.07) is 13.9. The number of benzene rings is 2. The summed E-state index contributed by atoms with van der Waals surface area (Å²) in [7, 11) is 0. The quantitative estimate of drug-likeness (QED) is 0.776. The Morgan fingerprint density at radius 3 is 2.31 bits per heavy atom. The second-order valence-electron chi connectivity index (χ2n) is 7.35. The number of carbonyl (C=O) groups excluding carboxylic acids is 1. The number of piperidine rings is 1. The molecule has 5 nitrogen and oxygen atoms in total. The molecule has 0 bridgehead atoms. The fraction of sp³-hybridized carbons (Fsp3) is 0.333. The highest BCUT2D eigenvalue weighted by Crippen LogP contribution is 2.36. The summed E-state index contributed by atoms with van der Waals surface area (Å²) in [4.78, 5) is 19.9. The molecule has 2 heterocycles. The van der Waals surface area contributed by atoms with Gasteiger partial charge in [-0.15, -0.1) is 0 Å². The Kier molecular flexibility index (Phi) is 4.94. The van der Waals surface area contributed by atoms with Crippen LogP contribution in [0.4, 0.5) is 23.7 Å². The number of nitrogens with one attached hydrogen (secondary N) is 1. The second-order valence-corrected chi connectivity index (χ2v) is 7.35. The monoisotopic (exact) mass is 403 g/mol. The Morgan fingerprint density at radius 1 is 1.03 bits per heavy atom. The number of hydrogen-bond donors (Lipinski definition) is 1. The van der Waals surface area contributed by atoms with Gasteiger partial charge in [-0.25, -0.2) is 4.79 Å². The molecule has 0 atom stereocenters. The zero-order valence-corrected chi connectivity index (χ0v) is 15.6. The van der Waals surface area contributed by atoms with Crippen molar-refractivity contribution in [3.05, 3.63) is 65.7 Å². The molecule has 0 unspecified atom stereocenters. The van der Waals surface area contributed by atoms with Crippen LogP contribution >= 0.6 is 0 Å². The number of amides is 2. The molecule has 0 aliphatic carbocycles. The number of likely N-dealkylation sites (tertiary alicyclic amines) is 1. The van der Waals surface area contributed by atoms with Gasteiger partial charge in [-0.05, 0) is 29.8 Å². The largest absolute Gasteiger partial charge is 0.416 e. The summed E-state index contributed by atoms with van der Waals surface area (Å²) in [5, 5.41) is 6.91. The van der Waals surface area contributed by atoms with E-state index in [0.29, 0.717) is 38.0 Å². The average Bonchev–Trinajstić information content (AvgIpc) is 3.12. The molecule has 1 N–H and O–H groups in total. The highest BCUT2D eigenvalue weighted by Gasteiger charge is 2.43. The summed E-state index contributed by atoms with van der Waals surface area (Å²) in [6.07, 6.45) is -2.41. The van der Waals surface area contributed by atoms with Crippen LogP contribution in [0.5, 0.6) is 0 Å². The summed E-state index contributed by atoms with van der Waals surface area (Å²) < 4.78 is 37.9. The van der Waals surface area contributed by atoms with Crippen LogP contribution in [0.15, 0.2) is 59.8 Å². The van der Waals surface area contributed by atoms with E-state index in [1.807, 2.05) is 30.3 Å². The number of hydrogen-bond acceptors (Lipinski definition) is 3. The molecule has 2 amide bonds. The third kappa shape index (κ3) is 4.21. The molecule has 0 radical (unpaired) electrons. The van der Waals surface area contributed by atoms with Gasteiger partial charge >= 0.3 is 12.2 Å². The summed E-state index contributed by atoms with van der Waals surface area (Å²) in [5.41, 5.74) is 1.13. The molecule has 2 aromatic carbocycles. The van der Waals surface area contributed by atoms with E-state index in [0.717, 1.165) is 23.4 Å². The number of urea groups is 1. The first kappa shape index (κ1) is 19.3. The number of carbonyl (C=O) groups is 1. The molecule has 2 aromatic rings. The zero-order valence-electron chi connectivity index (χ0n) is 15.6. The SMILES string of the molecule is O=C(Nc1ccc(C(F)(F)F)cc1)N1CCC2(CC1)CC(c1ccccc1)=NO2. The molecule has 0 saturated carbocycles. The first-order chi connectivity index (χ1) is 13.8. The van der Waals surface area contributed by atoms with Crippen LogP contribution in [0, 0.1) is 0 Å². The van der Waals surface area contributed by atoms with Crippen LogP contribution in [-0.4, -0.2) is 35.3 Å². The van der Waals surface area contributed by atoms with Crippen molar-refractivity contribution in [3.8, 4) is 0 Å². The molecular formula is C21H20F3N3O2. The van der Waals surface area contributed by atoms with Gasteiger partial charge in [0.15, 0.2) is 0 Å². The topological polar surface area (TPSA) is 53.9 Å². The van der Waals surface area contributed by atoms with Crippen molar-refractivity contribution in [2.24, 2.45) is 5.16 Å². The van der Waals surface area contributed by atoms with Crippen LogP contribution < -0.4 is 5.32 Å². The van der Waals surface area contributed by atoms with E-state index in [-0.39, 0.29) is 6.03 Å². The Bertz CT molecular complexity index is 903. The van der Waals surface area contributed by atoms with E-state index in [2.05, 4.69) is 10.5 Å². The fourth-order valence-electron chi connectivity index (χ4n) is 3.64.